The molecule has 2 aromatic rings. The second-order valence-electron chi connectivity index (χ2n) is 11.9. The van der Waals surface area contributed by atoms with Crippen LogP contribution in [0.3, 0.4) is 0 Å². The van der Waals surface area contributed by atoms with E-state index in [2.05, 4.69) is 74.1 Å². The van der Waals surface area contributed by atoms with Gasteiger partial charge in [-0.2, -0.15) is 0 Å². The normalized spacial score (nSPS) is 19.6. The first kappa shape index (κ1) is 30.7. The van der Waals surface area contributed by atoms with Crippen molar-refractivity contribution in [3.8, 4) is 0 Å². The number of unbranched alkanes of at least 4 members (excludes halogenated alkanes) is 12. The van der Waals surface area contributed by atoms with E-state index in [4.69, 9.17) is 9.47 Å². The van der Waals surface area contributed by atoms with Crippen molar-refractivity contribution >= 4 is 11.8 Å². The van der Waals surface area contributed by atoms with Crippen molar-refractivity contribution in [2.45, 2.75) is 139 Å². The lowest BCUT2D eigenvalue weighted by atomic mass is 10.0. The van der Waals surface area contributed by atoms with E-state index in [1.165, 1.54) is 125 Å². The van der Waals surface area contributed by atoms with Crippen LogP contribution in [0.15, 0.2) is 48.5 Å². The summed E-state index contributed by atoms with van der Waals surface area (Å²) in [6.45, 7) is 6.34. The number of hydrogen-bond donors (Lipinski definition) is 0. The minimum absolute atomic E-state index is 0.335. The highest BCUT2D eigenvalue weighted by Crippen LogP contribution is 2.50. The molecule has 39 heavy (non-hydrogen) atoms. The van der Waals surface area contributed by atoms with Crippen LogP contribution < -0.4 is 0 Å². The molecule has 2 saturated heterocycles. The zero-order valence-electron chi connectivity index (χ0n) is 24.9. The fourth-order valence-corrected chi connectivity index (χ4v) is 7.31. The first-order chi connectivity index (χ1) is 19.3. The molecule has 2 aliphatic rings. The highest BCUT2D eigenvalue weighted by atomic mass is 32.2. The van der Waals surface area contributed by atoms with E-state index < -0.39 is 0 Å². The van der Waals surface area contributed by atoms with E-state index in [9.17, 15) is 0 Å². The molecular formula is C36H54O2S. The van der Waals surface area contributed by atoms with E-state index >= 15 is 0 Å². The van der Waals surface area contributed by atoms with Gasteiger partial charge in [0.15, 0.2) is 0 Å². The molecule has 0 saturated carbocycles. The second-order valence-corrected chi connectivity index (χ2v) is 13.2. The van der Waals surface area contributed by atoms with Gasteiger partial charge in [0.1, 0.15) is 0 Å². The van der Waals surface area contributed by atoms with Crippen molar-refractivity contribution in [1.29, 1.82) is 0 Å². The summed E-state index contributed by atoms with van der Waals surface area (Å²) in [5.41, 5.74) is 5.77. The largest absolute Gasteiger partial charge is 0.372 e. The van der Waals surface area contributed by atoms with Crippen LogP contribution in [0, 0.1) is 0 Å². The summed E-state index contributed by atoms with van der Waals surface area (Å²) in [6.07, 6.45) is 22.3. The Balaban J connectivity index is 1.25. The first-order valence-corrected chi connectivity index (χ1v) is 17.3. The third-order valence-corrected chi connectivity index (χ3v) is 10.2. The van der Waals surface area contributed by atoms with Crippen molar-refractivity contribution in [2.75, 3.05) is 13.2 Å². The summed E-state index contributed by atoms with van der Waals surface area (Å²) in [5.74, 6) is 0. The van der Waals surface area contributed by atoms with Gasteiger partial charge in [-0.25, -0.2) is 0 Å². The van der Waals surface area contributed by atoms with Crippen LogP contribution in [0.2, 0.25) is 0 Å². The zero-order valence-corrected chi connectivity index (χ0v) is 25.7. The van der Waals surface area contributed by atoms with Crippen LogP contribution in [0.25, 0.3) is 0 Å². The Morgan fingerprint density at radius 1 is 0.538 bits per heavy atom. The first-order valence-electron chi connectivity index (χ1n) is 16.3. The van der Waals surface area contributed by atoms with Crippen LogP contribution in [0.1, 0.15) is 136 Å². The average Bonchev–Trinajstić information content (AvgIpc) is 3.89. The fraction of sp³-hybridized carbons (Fsp3) is 0.667. The summed E-state index contributed by atoms with van der Waals surface area (Å²) in [7, 11) is 0. The van der Waals surface area contributed by atoms with E-state index in [0.29, 0.717) is 22.7 Å². The average molecular weight is 551 g/mol. The van der Waals surface area contributed by atoms with E-state index in [1.807, 2.05) is 0 Å². The Morgan fingerprint density at radius 2 is 0.872 bits per heavy atom. The molecule has 4 unspecified atom stereocenters. The van der Waals surface area contributed by atoms with Gasteiger partial charge in [-0.15, -0.1) is 11.8 Å². The molecule has 2 nitrogen and oxygen atoms in total. The molecule has 0 radical (unpaired) electrons. The zero-order chi connectivity index (χ0) is 27.1. The highest BCUT2D eigenvalue weighted by molar-refractivity contribution is 7.99. The van der Waals surface area contributed by atoms with E-state index in [0.717, 1.165) is 13.2 Å². The number of hydrogen-bond acceptors (Lipinski definition) is 3. The molecule has 4 atom stereocenters. The lowest BCUT2D eigenvalue weighted by molar-refractivity contribution is 0.397. The standard InChI is InChI=1S/C36H54O2S/c1-3-5-7-9-11-13-15-17-29-19-23-31(24-20-29)35(33-27-37-33)39-36(34-28-38-34)32-25-21-30(22-26-32)18-16-14-12-10-8-6-4-2/h19-26,33-36H,3-18,27-28H2,1-2H3. The van der Waals surface area contributed by atoms with Gasteiger partial charge in [-0.3, -0.25) is 0 Å². The van der Waals surface area contributed by atoms with Gasteiger partial charge in [0, 0.05) is 0 Å². The number of benzene rings is 2. The molecule has 2 aliphatic heterocycles. The van der Waals surface area contributed by atoms with Crippen LogP contribution in [-0.4, -0.2) is 25.4 Å². The monoisotopic (exact) mass is 550 g/mol. The molecule has 0 amide bonds. The molecule has 0 N–H and O–H groups in total. The Bertz CT molecular complexity index is 825. The topological polar surface area (TPSA) is 25.1 Å². The number of thioether (sulfide) groups is 1. The Hall–Kier alpha value is -1.29. The van der Waals surface area contributed by atoms with Crippen molar-refractivity contribution in [1.82, 2.24) is 0 Å². The van der Waals surface area contributed by atoms with Gasteiger partial charge in [0.2, 0.25) is 0 Å². The molecule has 0 aromatic heterocycles. The summed E-state index contributed by atoms with van der Waals surface area (Å²) in [5, 5.41) is 0.749. The van der Waals surface area contributed by atoms with Gasteiger partial charge < -0.3 is 9.47 Å². The fourth-order valence-electron chi connectivity index (χ4n) is 5.70. The molecular weight excluding hydrogens is 496 g/mol. The van der Waals surface area contributed by atoms with Gasteiger partial charge >= 0.3 is 0 Å². The van der Waals surface area contributed by atoms with Gasteiger partial charge in [0.05, 0.1) is 35.9 Å². The third kappa shape index (κ3) is 11.2. The number of rotatable bonds is 22. The van der Waals surface area contributed by atoms with Crippen molar-refractivity contribution in [3.63, 3.8) is 0 Å². The molecule has 4 rings (SSSR count). The Kier molecular flexibility index (Phi) is 13.8. The highest BCUT2D eigenvalue weighted by Gasteiger charge is 2.41. The van der Waals surface area contributed by atoms with E-state index in [-0.39, 0.29) is 0 Å². The quantitative estimate of drug-likeness (QED) is 0.108. The van der Waals surface area contributed by atoms with Gasteiger partial charge in [0.25, 0.3) is 0 Å². The molecule has 0 spiro atoms. The van der Waals surface area contributed by atoms with E-state index in [1.54, 1.807) is 0 Å². The maximum atomic E-state index is 5.86. The minimum atomic E-state index is 0.335. The molecule has 216 valence electrons. The molecule has 2 fully saturated rings. The van der Waals surface area contributed by atoms with Crippen LogP contribution >= 0.6 is 11.8 Å². The van der Waals surface area contributed by atoms with Crippen molar-refractivity contribution in [3.05, 3.63) is 70.8 Å². The van der Waals surface area contributed by atoms with Gasteiger partial charge in [-0.1, -0.05) is 139 Å². The molecule has 3 heteroatoms. The molecule has 2 aromatic carbocycles. The van der Waals surface area contributed by atoms with Crippen molar-refractivity contribution < 1.29 is 9.47 Å². The molecule has 0 bridgehead atoms. The lowest BCUT2D eigenvalue weighted by Crippen LogP contribution is -2.10. The SMILES string of the molecule is CCCCCCCCCc1ccc(C(SC(c2ccc(CCCCCCCCC)cc2)C2CO2)C2CO2)cc1. The number of aryl methyl sites for hydroxylation is 2. The van der Waals surface area contributed by atoms with Crippen LogP contribution in [0.5, 0.6) is 0 Å². The Morgan fingerprint density at radius 3 is 1.21 bits per heavy atom. The summed E-state index contributed by atoms with van der Waals surface area (Å²) >= 11 is 2.06. The number of ether oxygens (including phenoxy) is 2. The summed E-state index contributed by atoms with van der Waals surface area (Å²) in [6, 6.07) is 18.9. The van der Waals surface area contributed by atoms with Crippen molar-refractivity contribution in [2.24, 2.45) is 0 Å². The Labute approximate surface area is 244 Å². The lowest BCUT2D eigenvalue weighted by Gasteiger charge is -2.22. The predicted octanol–water partition coefficient (Wildman–Crippen LogP) is 10.6. The number of epoxide rings is 2. The minimum Gasteiger partial charge on any atom is -0.372 e. The summed E-state index contributed by atoms with van der Waals surface area (Å²) < 4.78 is 11.7. The second kappa shape index (κ2) is 17.5. The van der Waals surface area contributed by atoms with Crippen LogP contribution in [-0.2, 0) is 22.3 Å². The molecule has 0 aliphatic carbocycles. The predicted molar refractivity (Wildman–Crippen MR) is 169 cm³/mol. The smallest absolute Gasteiger partial charge is 0.0969 e. The van der Waals surface area contributed by atoms with Crippen LogP contribution in [0.4, 0.5) is 0 Å². The maximum Gasteiger partial charge on any atom is 0.0969 e. The maximum absolute atomic E-state index is 5.86. The summed E-state index contributed by atoms with van der Waals surface area (Å²) in [4.78, 5) is 0. The third-order valence-electron chi connectivity index (χ3n) is 8.44. The van der Waals surface area contributed by atoms with Gasteiger partial charge in [-0.05, 0) is 47.9 Å². The molecule has 2 heterocycles.